The minimum atomic E-state index is -2.43. The molecule has 1 heterocycles. The zero-order valence-electron chi connectivity index (χ0n) is 8.09. The fourth-order valence-electron chi connectivity index (χ4n) is 1.34. The highest BCUT2D eigenvalue weighted by Gasteiger charge is 2.20. The summed E-state index contributed by atoms with van der Waals surface area (Å²) in [5, 5.41) is 3.91. The molecular formula is C9H14F2N2. The van der Waals surface area contributed by atoms with Crippen molar-refractivity contribution in [2.24, 2.45) is 0 Å². The van der Waals surface area contributed by atoms with Gasteiger partial charge < -0.3 is 0 Å². The number of rotatable bonds is 3. The minimum absolute atomic E-state index is 0.0671. The van der Waals surface area contributed by atoms with E-state index in [2.05, 4.69) is 5.10 Å². The zero-order chi connectivity index (χ0) is 10.0. The Morgan fingerprint density at radius 1 is 1.46 bits per heavy atom. The van der Waals surface area contributed by atoms with E-state index in [1.54, 1.807) is 0 Å². The predicted octanol–water partition coefficient (Wildman–Crippen LogP) is 2.96. The first-order valence-corrected chi connectivity index (χ1v) is 4.41. The van der Waals surface area contributed by atoms with Gasteiger partial charge in [0.15, 0.2) is 0 Å². The number of aryl methyl sites for hydroxylation is 1. The summed E-state index contributed by atoms with van der Waals surface area (Å²) in [5.41, 5.74) is 0.717. The Balaban J connectivity index is 3.14. The molecule has 0 aliphatic carbocycles. The zero-order valence-corrected chi connectivity index (χ0v) is 8.09. The van der Waals surface area contributed by atoms with E-state index in [9.17, 15) is 8.78 Å². The molecule has 0 aliphatic heterocycles. The van der Waals surface area contributed by atoms with Crippen LogP contribution >= 0.6 is 0 Å². The molecule has 0 aromatic carbocycles. The molecule has 0 unspecified atom stereocenters. The van der Waals surface area contributed by atoms with Crippen molar-refractivity contribution in [1.82, 2.24) is 9.78 Å². The molecule has 74 valence electrons. The lowest BCUT2D eigenvalue weighted by Gasteiger charge is -2.08. The summed E-state index contributed by atoms with van der Waals surface area (Å²) in [6.07, 6.45) is -0.893. The molecule has 0 aliphatic rings. The van der Waals surface area contributed by atoms with Crippen LogP contribution < -0.4 is 0 Å². The van der Waals surface area contributed by atoms with Crippen molar-refractivity contribution in [2.75, 3.05) is 0 Å². The van der Waals surface area contributed by atoms with Gasteiger partial charge in [-0.25, -0.2) is 8.78 Å². The average Bonchev–Trinajstić information content (AvgIpc) is 2.46. The van der Waals surface area contributed by atoms with Crippen LogP contribution in [0, 0.1) is 0 Å². The van der Waals surface area contributed by atoms with Crippen LogP contribution in [0.4, 0.5) is 8.78 Å². The SMILES string of the molecule is CCn1ncc(C(C)C)c1C(F)F. The summed E-state index contributed by atoms with van der Waals surface area (Å²) in [4.78, 5) is 0. The highest BCUT2D eigenvalue weighted by atomic mass is 19.3. The molecular weight excluding hydrogens is 174 g/mol. The van der Waals surface area contributed by atoms with Crippen molar-refractivity contribution >= 4 is 0 Å². The lowest BCUT2D eigenvalue weighted by atomic mass is 10.0. The molecule has 0 saturated carbocycles. The van der Waals surface area contributed by atoms with Crippen molar-refractivity contribution in [1.29, 1.82) is 0 Å². The first kappa shape index (κ1) is 10.2. The van der Waals surface area contributed by atoms with Crippen LogP contribution in [0.3, 0.4) is 0 Å². The molecule has 0 atom stereocenters. The maximum Gasteiger partial charge on any atom is 0.280 e. The van der Waals surface area contributed by atoms with Crippen molar-refractivity contribution in [2.45, 2.75) is 39.7 Å². The molecule has 2 nitrogen and oxygen atoms in total. The van der Waals surface area contributed by atoms with Gasteiger partial charge in [0.1, 0.15) is 5.69 Å². The van der Waals surface area contributed by atoms with Gasteiger partial charge in [-0.15, -0.1) is 0 Å². The summed E-state index contributed by atoms with van der Waals surface area (Å²) < 4.78 is 26.6. The summed E-state index contributed by atoms with van der Waals surface area (Å²) in [6, 6.07) is 0. The van der Waals surface area contributed by atoms with E-state index >= 15 is 0 Å². The van der Waals surface area contributed by atoms with Gasteiger partial charge in [0.05, 0.1) is 6.20 Å². The van der Waals surface area contributed by atoms with Crippen LogP contribution in [0.25, 0.3) is 0 Å². The summed E-state index contributed by atoms with van der Waals surface area (Å²) in [5.74, 6) is 0.101. The fraction of sp³-hybridized carbons (Fsp3) is 0.667. The Morgan fingerprint density at radius 2 is 2.08 bits per heavy atom. The molecule has 0 N–H and O–H groups in total. The fourth-order valence-corrected chi connectivity index (χ4v) is 1.34. The normalized spacial score (nSPS) is 11.6. The van der Waals surface area contributed by atoms with E-state index in [1.165, 1.54) is 10.9 Å². The van der Waals surface area contributed by atoms with Gasteiger partial charge in [-0.1, -0.05) is 13.8 Å². The first-order valence-electron chi connectivity index (χ1n) is 4.41. The van der Waals surface area contributed by atoms with Gasteiger partial charge in [0.2, 0.25) is 0 Å². The third-order valence-corrected chi connectivity index (χ3v) is 2.04. The van der Waals surface area contributed by atoms with Crippen LogP contribution in [0.1, 0.15) is 44.4 Å². The average molecular weight is 188 g/mol. The summed E-state index contributed by atoms with van der Waals surface area (Å²) >= 11 is 0. The summed E-state index contributed by atoms with van der Waals surface area (Å²) in [6.45, 7) is 6.08. The monoisotopic (exact) mass is 188 g/mol. The molecule has 0 fully saturated rings. The largest absolute Gasteiger partial charge is 0.280 e. The molecule has 13 heavy (non-hydrogen) atoms. The first-order chi connectivity index (χ1) is 6.07. The standard InChI is InChI=1S/C9H14F2N2/c1-4-13-8(9(10)11)7(5-12-13)6(2)3/h5-6,9H,4H2,1-3H3. The van der Waals surface area contributed by atoms with Gasteiger partial charge in [0.25, 0.3) is 6.43 Å². The van der Waals surface area contributed by atoms with Crippen molar-refractivity contribution in [3.05, 3.63) is 17.5 Å². The van der Waals surface area contributed by atoms with E-state index in [0.29, 0.717) is 12.1 Å². The Kier molecular flexibility index (Phi) is 3.01. The second-order valence-corrected chi connectivity index (χ2v) is 3.26. The van der Waals surface area contributed by atoms with Gasteiger partial charge in [-0.2, -0.15) is 5.10 Å². The molecule has 0 radical (unpaired) electrons. The lowest BCUT2D eigenvalue weighted by molar-refractivity contribution is 0.138. The van der Waals surface area contributed by atoms with Crippen LogP contribution in [-0.4, -0.2) is 9.78 Å². The quantitative estimate of drug-likeness (QED) is 0.713. The number of hydrogen-bond acceptors (Lipinski definition) is 1. The molecule has 1 rings (SSSR count). The van der Waals surface area contributed by atoms with E-state index < -0.39 is 6.43 Å². The van der Waals surface area contributed by atoms with Gasteiger partial charge >= 0.3 is 0 Å². The molecule has 0 spiro atoms. The Morgan fingerprint density at radius 3 is 2.46 bits per heavy atom. The van der Waals surface area contributed by atoms with Gasteiger partial charge in [0, 0.05) is 12.1 Å². The molecule has 0 amide bonds. The highest BCUT2D eigenvalue weighted by Crippen LogP contribution is 2.27. The third kappa shape index (κ3) is 1.87. The number of nitrogens with zero attached hydrogens (tertiary/aromatic N) is 2. The number of hydrogen-bond donors (Lipinski definition) is 0. The van der Waals surface area contributed by atoms with Crippen LogP contribution in [0.5, 0.6) is 0 Å². The molecule has 1 aromatic heterocycles. The lowest BCUT2D eigenvalue weighted by Crippen LogP contribution is -2.05. The number of halogens is 2. The molecule has 0 saturated heterocycles. The number of alkyl halides is 2. The van der Waals surface area contributed by atoms with Crippen molar-refractivity contribution in [3.8, 4) is 0 Å². The van der Waals surface area contributed by atoms with E-state index in [4.69, 9.17) is 0 Å². The summed E-state index contributed by atoms with van der Waals surface area (Å²) in [7, 11) is 0. The van der Waals surface area contributed by atoms with E-state index in [0.717, 1.165) is 0 Å². The Labute approximate surface area is 76.6 Å². The topological polar surface area (TPSA) is 17.8 Å². The van der Waals surface area contributed by atoms with Crippen LogP contribution in [-0.2, 0) is 6.54 Å². The second-order valence-electron chi connectivity index (χ2n) is 3.26. The van der Waals surface area contributed by atoms with Crippen LogP contribution in [0.15, 0.2) is 6.20 Å². The highest BCUT2D eigenvalue weighted by molar-refractivity contribution is 5.22. The van der Waals surface area contributed by atoms with Crippen LogP contribution in [0.2, 0.25) is 0 Å². The van der Waals surface area contributed by atoms with Gasteiger partial charge in [-0.05, 0) is 12.8 Å². The van der Waals surface area contributed by atoms with Gasteiger partial charge in [-0.3, -0.25) is 4.68 Å². The molecule has 1 aromatic rings. The van der Waals surface area contributed by atoms with Crippen molar-refractivity contribution < 1.29 is 8.78 Å². The maximum absolute atomic E-state index is 12.6. The Hall–Kier alpha value is -0.930. The number of aromatic nitrogens is 2. The second kappa shape index (κ2) is 3.85. The Bertz CT molecular complexity index is 279. The maximum atomic E-state index is 12.6. The predicted molar refractivity (Wildman–Crippen MR) is 46.9 cm³/mol. The smallest absolute Gasteiger partial charge is 0.264 e. The van der Waals surface area contributed by atoms with Crippen molar-refractivity contribution in [3.63, 3.8) is 0 Å². The van der Waals surface area contributed by atoms with E-state index in [1.807, 2.05) is 20.8 Å². The minimum Gasteiger partial charge on any atom is -0.264 e. The van der Waals surface area contributed by atoms with E-state index in [-0.39, 0.29) is 11.6 Å². The third-order valence-electron chi connectivity index (χ3n) is 2.04. The molecule has 0 bridgehead atoms. The molecule has 4 heteroatoms.